The van der Waals surface area contributed by atoms with Gasteiger partial charge in [0.2, 0.25) is 0 Å². The minimum absolute atomic E-state index is 0.817. The van der Waals surface area contributed by atoms with Crippen molar-refractivity contribution in [1.82, 2.24) is 0 Å². The van der Waals surface area contributed by atoms with E-state index >= 15 is 0 Å². The van der Waals surface area contributed by atoms with Gasteiger partial charge in [0.1, 0.15) is 0 Å². The molecule has 0 rings (SSSR count). The fraction of sp³-hybridized carbons (Fsp3) is 1.00. The van der Waals surface area contributed by atoms with E-state index in [9.17, 15) is 0 Å². The molecule has 2 nitrogen and oxygen atoms in total. The SMILES string of the molecule is CCCCCCCCCCCCCCCCCCCC[Si](CCCCC)(OCC)OCC. The van der Waals surface area contributed by atoms with Crippen LogP contribution in [0.15, 0.2) is 0 Å². The lowest BCUT2D eigenvalue weighted by Crippen LogP contribution is -2.42. The molecule has 32 heavy (non-hydrogen) atoms. The Kier molecular flexibility index (Phi) is 25.9. The van der Waals surface area contributed by atoms with Gasteiger partial charge in [0, 0.05) is 13.2 Å². The molecule has 0 aliphatic carbocycles. The first kappa shape index (κ1) is 32.1. The lowest BCUT2D eigenvalue weighted by Gasteiger charge is -2.30. The van der Waals surface area contributed by atoms with Crippen LogP contribution >= 0.6 is 0 Å². The predicted molar refractivity (Wildman–Crippen MR) is 147 cm³/mol. The molecule has 0 aromatic carbocycles. The van der Waals surface area contributed by atoms with Crippen molar-refractivity contribution in [3.05, 3.63) is 0 Å². The maximum atomic E-state index is 6.27. The van der Waals surface area contributed by atoms with Crippen LogP contribution in [0, 0.1) is 0 Å². The molecule has 0 atom stereocenters. The molecule has 0 fully saturated rings. The molecule has 0 saturated heterocycles. The smallest absolute Gasteiger partial charge is 0.338 e. The van der Waals surface area contributed by atoms with Crippen molar-refractivity contribution in [2.24, 2.45) is 0 Å². The summed E-state index contributed by atoms with van der Waals surface area (Å²) in [7, 11) is -1.94. The van der Waals surface area contributed by atoms with Gasteiger partial charge >= 0.3 is 8.56 Å². The van der Waals surface area contributed by atoms with Crippen molar-refractivity contribution in [2.75, 3.05) is 13.2 Å². The summed E-state index contributed by atoms with van der Waals surface area (Å²) in [4.78, 5) is 0. The summed E-state index contributed by atoms with van der Waals surface area (Å²) >= 11 is 0. The fourth-order valence-corrected chi connectivity index (χ4v) is 8.46. The molecule has 0 unspecified atom stereocenters. The molecule has 0 radical (unpaired) electrons. The Hall–Kier alpha value is 0.137. The molecule has 0 N–H and O–H groups in total. The monoisotopic (exact) mass is 470 g/mol. The van der Waals surface area contributed by atoms with Crippen molar-refractivity contribution in [3.63, 3.8) is 0 Å². The first-order chi connectivity index (χ1) is 15.7. The molecule has 0 aliphatic rings. The van der Waals surface area contributed by atoms with Gasteiger partial charge in [-0.25, -0.2) is 0 Å². The van der Waals surface area contributed by atoms with Crippen LogP contribution in [0.5, 0.6) is 0 Å². The summed E-state index contributed by atoms with van der Waals surface area (Å²) in [6.07, 6.45) is 29.7. The highest BCUT2D eigenvalue weighted by Crippen LogP contribution is 2.26. The minimum atomic E-state index is -1.94. The Balaban J connectivity index is 3.54. The molecular formula is C29H62O2Si. The average molecular weight is 471 g/mol. The second-order valence-electron chi connectivity index (χ2n) is 9.99. The molecule has 194 valence electrons. The van der Waals surface area contributed by atoms with Crippen LogP contribution < -0.4 is 0 Å². The Labute approximate surface area is 205 Å². The van der Waals surface area contributed by atoms with E-state index in [2.05, 4.69) is 27.7 Å². The number of rotatable bonds is 27. The maximum absolute atomic E-state index is 6.27. The molecule has 0 spiro atoms. The van der Waals surface area contributed by atoms with Crippen LogP contribution in [-0.4, -0.2) is 21.8 Å². The third-order valence-electron chi connectivity index (χ3n) is 6.89. The standard InChI is InChI=1S/C29H62O2Si/c1-5-9-11-12-13-14-15-16-17-18-19-20-21-22-23-24-25-27-29-32(30-7-3,31-8-4)28-26-10-6-2/h5-29H2,1-4H3. The first-order valence-corrected chi connectivity index (χ1v) is 17.3. The zero-order valence-electron chi connectivity index (χ0n) is 23.0. The third kappa shape index (κ3) is 20.7. The average Bonchev–Trinajstić information content (AvgIpc) is 2.79. The predicted octanol–water partition coefficient (Wildman–Crippen LogP) is 10.7. The minimum Gasteiger partial charge on any atom is -0.394 e. The van der Waals surface area contributed by atoms with E-state index in [0.717, 1.165) is 13.2 Å². The Bertz CT molecular complexity index is 342. The second-order valence-corrected chi connectivity index (χ2v) is 13.4. The van der Waals surface area contributed by atoms with Crippen LogP contribution in [0.2, 0.25) is 12.1 Å². The fourth-order valence-electron chi connectivity index (χ4n) is 4.92. The van der Waals surface area contributed by atoms with Gasteiger partial charge in [0.25, 0.3) is 0 Å². The van der Waals surface area contributed by atoms with Gasteiger partial charge < -0.3 is 8.85 Å². The van der Waals surface area contributed by atoms with E-state index in [1.807, 2.05) is 0 Å². The van der Waals surface area contributed by atoms with Gasteiger partial charge in [0.15, 0.2) is 0 Å². The van der Waals surface area contributed by atoms with Gasteiger partial charge in [0.05, 0.1) is 0 Å². The number of hydrogen-bond donors (Lipinski definition) is 0. The van der Waals surface area contributed by atoms with Gasteiger partial charge in [-0.3, -0.25) is 0 Å². The van der Waals surface area contributed by atoms with E-state index in [1.54, 1.807) is 0 Å². The highest BCUT2D eigenvalue weighted by Gasteiger charge is 2.35. The molecule has 0 aromatic rings. The summed E-state index contributed by atoms with van der Waals surface area (Å²) in [5, 5.41) is 0. The van der Waals surface area contributed by atoms with Gasteiger partial charge in [-0.2, -0.15) is 0 Å². The quantitative estimate of drug-likeness (QED) is 0.0877. The summed E-state index contributed by atoms with van der Waals surface area (Å²) in [5.74, 6) is 0. The Morgan fingerprint density at radius 1 is 0.344 bits per heavy atom. The van der Waals surface area contributed by atoms with E-state index in [-0.39, 0.29) is 0 Å². The number of hydrogen-bond acceptors (Lipinski definition) is 2. The van der Waals surface area contributed by atoms with E-state index in [0.29, 0.717) is 0 Å². The maximum Gasteiger partial charge on any atom is 0.338 e. The largest absolute Gasteiger partial charge is 0.394 e. The summed E-state index contributed by atoms with van der Waals surface area (Å²) in [6.45, 7) is 10.5. The topological polar surface area (TPSA) is 18.5 Å². The van der Waals surface area contributed by atoms with E-state index < -0.39 is 8.56 Å². The van der Waals surface area contributed by atoms with Crippen molar-refractivity contribution >= 4 is 8.56 Å². The van der Waals surface area contributed by atoms with E-state index in [1.165, 1.54) is 147 Å². The highest BCUT2D eigenvalue weighted by atomic mass is 28.4. The first-order valence-electron chi connectivity index (χ1n) is 15.0. The lowest BCUT2D eigenvalue weighted by molar-refractivity contribution is 0.180. The van der Waals surface area contributed by atoms with Crippen molar-refractivity contribution in [2.45, 2.75) is 175 Å². The zero-order chi connectivity index (χ0) is 23.6. The van der Waals surface area contributed by atoms with Crippen molar-refractivity contribution < 1.29 is 8.85 Å². The molecule has 3 heteroatoms. The van der Waals surface area contributed by atoms with Gasteiger partial charge in [-0.1, -0.05) is 149 Å². The van der Waals surface area contributed by atoms with Crippen LogP contribution in [0.1, 0.15) is 163 Å². The van der Waals surface area contributed by atoms with Crippen molar-refractivity contribution in [1.29, 1.82) is 0 Å². The molecule has 0 bridgehead atoms. The molecule has 0 aromatic heterocycles. The normalized spacial score (nSPS) is 12.0. The summed E-state index contributed by atoms with van der Waals surface area (Å²) in [6, 6.07) is 2.40. The lowest BCUT2D eigenvalue weighted by atomic mass is 10.0. The molecule has 0 heterocycles. The molecule has 0 aliphatic heterocycles. The number of unbranched alkanes of at least 4 members (excludes halogenated alkanes) is 19. The van der Waals surface area contributed by atoms with Crippen LogP contribution in [0.3, 0.4) is 0 Å². The van der Waals surface area contributed by atoms with Gasteiger partial charge in [-0.05, 0) is 25.9 Å². The van der Waals surface area contributed by atoms with Crippen LogP contribution in [0.25, 0.3) is 0 Å². The summed E-state index contributed by atoms with van der Waals surface area (Å²) < 4.78 is 12.5. The van der Waals surface area contributed by atoms with Gasteiger partial charge in [-0.15, -0.1) is 0 Å². The van der Waals surface area contributed by atoms with Crippen LogP contribution in [0.4, 0.5) is 0 Å². The molecular weight excluding hydrogens is 408 g/mol. The van der Waals surface area contributed by atoms with E-state index in [4.69, 9.17) is 8.85 Å². The van der Waals surface area contributed by atoms with Crippen molar-refractivity contribution in [3.8, 4) is 0 Å². The summed E-state index contributed by atoms with van der Waals surface area (Å²) in [5.41, 5.74) is 0. The molecule has 0 amide bonds. The molecule has 0 saturated carbocycles. The van der Waals surface area contributed by atoms with Crippen LogP contribution in [-0.2, 0) is 8.85 Å². The highest BCUT2D eigenvalue weighted by molar-refractivity contribution is 6.67. The second kappa shape index (κ2) is 25.8. The third-order valence-corrected chi connectivity index (χ3v) is 10.7. The zero-order valence-corrected chi connectivity index (χ0v) is 24.0. The Morgan fingerprint density at radius 2 is 0.594 bits per heavy atom. The Morgan fingerprint density at radius 3 is 0.906 bits per heavy atom.